The fourth-order valence-corrected chi connectivity index (χ4v) is 5.11. The molecule has 226 valence electrons. The number of nitrogens with one attached hydrogen (secondary N) is 2. The summed E-state index contributed by atoms with van der Waals surface area (Å²) < 4.78 is 16.4. The second-order valence-electron chi connectivity index (χ2n) is 10.4. The SMILES string of the molecule is COC(=O)C1=C(C)NC(C)=C(C(=O)OCCCCCCOc2cc(-c3cccc(C)c3)[nH]n2)C1c1cccc([N+](=O)[O-])c1. The van der Waals surface area contributed by atoms with Crippen molar-refractivity contribution in [2.24, 2.45) is 0 Å². The van der Waals surface area contributed by atoms with E-state index in [0.29, 0.717) is 35.9 Å². The smallest absolute Gasteiger partial charge is 0.336 e. The van der Waals surface area contributed by atoms with Gasteiger partial charge in [-0.15, -0.1) is 5.10 Å². The van der Waals surface area contributed by atoms with Gasteiger partial charge in [-0.1, -0.05) is 35.9 Å². The Morgan fingerprint density at radius 1 is 0.907 bits per heavy atom. The van der Waals surface area contributed by atoms with E-state index in [1.807, 2.05) is 31.2 Å². The summed E-state index contributed by atoms with van der Waals surface area (Å²) in [7, 11) is 1.25. The van der Waals surface area contributed by atoms with Crippen LogP contribution in [-0.2, 0) is 19.1 Å². The summed E-state index contributed by atoms with van der Waals surface area (Å²) in [5, 5.41) is 21.7. The number of carbonyl (C=O) groups excluding carboxylic acids is 2. The standard InChI is InChI=1S/C32H36N4O7/c1-20-11-9-12-23(17-20)26-19-27(35-34-26)42-15-7-5-6-8-16-43-32(38)29-22(3)33-21(2)28(31(37)41-4)30(29)24-13-10-14-25(18-24)36(39)40/h9-14,17-19,30,33H,5-8,15-16H2,1-4H3,(H,34,35). The minimum atomic E-state index is -0.883. The molecule has 1 aromatic heterocycles. The van der Waals surface area contributed by atoms with Gasteiger partial charge in [-0.3, -0.25) is 15.2 Å². The Morgan fingerprint density at radius 2 is 1.60 bits per heavy atom. The third-order valence-corrected chi connectivity index (χ3v) is 7.21. The summed E-state index contributed by atoms with van der Waals surface area (Å²) >= 11 is 0. The van der Waals surface area contributed by atoms with E-state index in [2.05, 4.69) is 21.6 Å². The largest absolute Gasteiger partial charge is 0.477 e. The molecule has 0 amide bonds. The van der Waals surface area contributed by atoms with Crippen LogP contribution >= 0.6 is 0 Å². The van der Waals surface area contributed by atoms with Crippen LogP contribution in [0.3, 0.4) is 0 Å². The van der Waals surface area contributed by atoms with Gasteiger partial charge in [-0.2, -0.15) is 0 Å². The van der Waals surface area contributed by atoms with Gasteiger partial charge in [0.15, 0.2) is 0 Å². The van der Waals surface area contributed by atoms with Crippen LogP contribution in [0, 0.1) is 17.0 Å². The Kier molecular flexibility index (Phi) is 10.3. The Balaban J connectivity index is 1.29. The molecule has 11 nitrogen and oxygen atoms in total. The van der Waals surface area contributed by atoms with Crippen LogP contribution in [0.2, 0.25) is 0 Å². The quantitative estimate of drug-likeness (QED) is 0.108. The lowest BCUT2D eigenvalue weighted by Gasteiger charge is -2.30. The van der Waals surface area contributed by atoms with E-state index in [1.54, 1.807) is 19.9 Å². The third-order valence-electron chi connectivity index (χ3n) is 7.21. The number of benzene rings is 2. The average molecular weight is 589 g/mol. The Labute approximate surface area is 250 Å². The molecule has 0 spiro atoms. The summed E-state index contributed by atoms with van der Waals surface area (Å²) in [4.78, 5) is 37.0. The number of dihydropyridines is 1. The van der Waals surface area contributed by atoms with Crippen molar-refractivity contribution in [3.8, 4) is 17.1 Å². The normalized spacial score (nSPS) is 14.7. The zero-order valence-corrected chi connectivity index (χ0v) is 24.8. The summed E-state index contributed by atoms with van der Waals surface area (Å²) in [5.41, 5.74) is 4.81. The van der Waals surface area contributed by atoms with E-state index in [0.717, 1.165) is 30.5 Å². The third kappa shape index (κ3) is 7.68. The second kappa shape index (κ2) is 14.3. The molecule has 2 N–H and O–H groups in total. The molecule has 2 heterocycles. The number of esters is 2. The van der Waals surface area contributed by atoms with Gasteiger partial charge in [0, 0.05) is 29.6 Å². The fourth-order valence-electron chi connectivity index (χ4n) is 5.11. The average Bonchev–Trinajstić information content (AvgIpc) is 3.46. The van der Waals surface area contributed by atoms with Gasteiger partial charge >= 0.3 is 11.9 Å². The van der Waals surface area contributed by atoms with Crippen LogP contribution in [0.25, 0.3) is 11.3 Å². The van der Waals surface area contributed by atoms with Gasteiger partial charge in [0.05, 0.1) is 48.0 Å². The molecule has 11 heteroatoms. The van der Waals surface area contributed by atoms with E-state index >= 15 is 0 Å². The van der Waals surface area contributed by atoms with Crippen molar-refractivity contribution < 1.29 is 28.7 Å². The molecule has 0 radical (unpaired) electrons. The minimum Gasteiger partial charge on any atom is -0.477 e. The van der Waals surface area contributed by atoms with Crippen LogP contribution in [0.1, 0.15) is 56.6 Å². The molecule has 1 unspecified atom stereocenters. The number of non-ortho nitro benzene ring substituents is 1. The first kappa shape index (κ1) is 31.0. The first-order chi connectivity index (χ1) is 20.7. The number of hydrogen-bond donors (Lipinski definition) is 2. The van der Waals surface area contributed by atoms with Crippen molar-refractivity contribution in [2.45, 2.75) is 52.4 Å². The monoisotopic (exact) mass is 588 g/mol. The fraction of sp³-hybridized carbons (Fsp3) is 0.344. The number of carbonyl (C=O) groups is 2. The molecule has 0 aliphatic carbocycles. The van der Waals surface area contributed by atoms with Gasteiger partial charge < -0.3 is 19.5 Å². The van der Waals surface area contributed by atoms with Crippen molar-refractivity contribution in [1.29, 1.82) is 0 Å². The van der Waals surface area contributed by atoms with Gasteiger partial charge in [0.25, 0.3) is 5.69 Å². The highest BCUT2D eigenvalue weighted by Gasteiger charge is 2.38. The number of ether oxygens (including phenoxy) is 3. The lowest BCUT2D eigenvalue weighted by Crippen LogP contribution is -2.32. The summed E-state index contributed by atoms with van der Waals surface area (Å²) in [6.07, 6.45) is 3.16. The molecule has 0 fully saturated rings. The van der Waals surface area contributed by atoms with Crippen molar-refractivity contribution in [2.75, 3.05) is 20.3 Å². The second-order valence-corrected chi connectivity index (χ2v) is 10.4. The van der Waals surface area contributed by atoms with Crippen molar-refractivity contribution in [3.63, 3.8) is 0 Å². The van der Waals surface area contributed by atoms with Gasteiger partial charge in [-0.05, 0) is 63.6 Å². The number of rotatable bonds is 13. The number of nitrogens with zero attached hydrogens (tertiary/aromatic N) is 2. The van der Waals surface area contributed by atoms with Crippen LogP contribution in [0.4, 0.5) is 5.69 Å². The maximum absolute atomic E-state index is 13.3. The van der Waals surface area contributed by atoms with E-state index < -0.39 is 22.8 Å². The number of aromatic amines is 1. The molecule has 0 bridgehead atoms. The Bertz CT molecular complexity index is 1560. The molecule has 3 aromatic rings. The van der Waals surface area contributed by atoms with E-state index in [9.17, 15) is 19.7 Å². The molecule has 0 saturated heterocycles. The Morgan fingerprint density at radius 3 is 2.30 bits per heavy atom. The number of nitro benzene ring substituents is 1. The lowest BCUT2D eigenvalue weighted by atomic mass is 9.80. The predicted molar refractivity (Wildman–Crippen MR) is 160 cm³/mol. The molecule has 1 aliphatic rings. The van der Waals surface area contributed by atoms with Gasteiger partial charge in [0.2, 0.25) is 5.88 Å². The molecular formula is C32H36N4O7. The maximum Gasteiger partial charge on any atom is 0.336 e. The molecular weight excluding hydrogens is 552 g/mol. The maximum atomic E-state index is 13.3. The number of hydrogen-bond acceptors (Lipinski definition) is 9. The minimum absolute atomic E-state index is 0.147. The van der Waals surface area contributed by atoms with Crippen molar-refractivity contribution in [3.05, 3.63) is 98.4 Å². The van der Waals surface area contributed by atoms with Crippen LogP contribution in [0.15, 0.2) is 77.1 Å². The summed E-state index contributed by atoms with van der Waals surface area (Å²) in [6, 6.07) is 15.9. The molecule has 0 saturated carbocycles. The van der Waals surface area contributed by atoms with Crippen LogP contribution in [-0.4, -0.2) is 47.4 Å². The summed E-state index contributed by atoms with van der Waals surface area (Å²) in [5.74, 6) is -1.57. The highest BCUT2D eigenvalue weighted by atomic mass is 16.6. The molecule has 1 aliphatic heterocycles. The van der Waals surface area contributed by atoms with E-state index in [-0.39, 0.29) is 23.4 Å². The van der Waals surface area contributed by atoms with Gasteiger partial charge in [0.1, 0.15) is 0 Å². The zero-order valence-electron chi connectivity index (χ0n) is 24.8. The number of methoxy groups -OCH3 is 1. The first-order valence-corrected chi connectivity index (χ1v) is 14.1. The lowest BCUT2D eigenvalue weighted by molar-refractivity contribution is -0.384. The number of aromatic nitrogens is 2. The molecule has 1 atom stereocenters. The van der Waals surface area contributed by atoms with Crippen LogP contribution < -0.4 is 10.1 Å². The highest BCUT2D eigenvalue weighted by molar-refractivity contribution is 5.99. The number of H-pyrrole nitrogens is 1. The van der Waals surface area contributed by atoms with Crippen molar-refractivity contribution in [1.82, 2.24) is 15.5 Å². The van der Waals surface area contributed by atoms with E-state index in [4.69, 9.17) is 14.2 Å². The van der Waals surface area contributed by atoms with E-state index in [1.165, 1.54) is 30.9 Å². The first-order valence-electron chi connectivity index (χ1n) is 14.1. The predicted octanol–water partition coefficient (Wildman–Crippen LogP) is 5.88. The number of nitro groups is 1. The number of unbranched alkanes of at least 4 members (excludes halogenated alkanes) is 3. The van der Waals surface area contributed by atoms with Crippen molar-refractivity contribution >= 4 is 17.6 Å². The molecule has 2 aromatic carbocycles. The summed E-state index contributed by atoms with van der Waals surface area (Å²) in [6.45, 7) is 6.15. The zero-order chi connectivity index (χ0) is 30.9. The van der Waals surface area contributed by atoms with Gasteiger partial charge in [-0.25, -0.2) is 9.59 Å². The number of allylic oxidation sites excluding steroid dienone is 2. The topological polar surface area (TPSA) is 146 Å². The highest BCUT2D eigenvalue weighted by Crippen LogP contribution is 2.40. The Hall–Kier alpha value is -4.93. The molecule has 4 rings (SSSR count). The molecule has 43 heavy (non-hydrogen) atoms. The van der Waals surface area contributed by atoms with Crippen LogP contribution in [0.5, 0.6) is 5.88 Å². The number of aryl methyl sites for hydroxylation is 1.